The molecule has 0 aromatic heterocycles. The summed E-state index contributed by atoms with van der Waals surface area (Å²) in [5.41, 5.74) is 2.95. The molecule has 1 N–H and O–H groups in total. The van der Waals surface area contributed by atoms with Gasteiger partial charge in [0.15, 0.2) is 0 Å². The molecule has 21 heavy (non-hydrogen) atoms. The van der Waals surface area contributed by atoms with E-state index in [1.54, 1.807) is 5.56 Å². The maximum absolute atomic E-state index is 3.78. The van der Waals surface area contributed by atoms with Gasteiger partial charge in [0.1, 0.15) is 0 Å². The molecule has 0 radical (unpaired) electrons. The summed E-state index contributed by atoms with van der Waals surface area (Å²) in [6.45, 7) is 8.22. The molecule has 0 aliphatic heterocycles. The largest absolute Gasteiger partial charge is 0.314 e. The third kappa shape index (κ3) is 3.88. The quantitative estimate of drug-likeness (QED) is 0.811. The van der Waals surface area contributed by atoms with Crippen molar-refractivity contribution >= 4 is 0 Å². The van der Waals surface area contributed by atoms with Crippen LogP contribution >= 0.6 is 0 Å². The van der Waals surface area contributed by atoms with Crippen LogP contribution in [0.25, 0.3) is 0 Å². The first-order chi connectivity index (χ1) is 10.1. The number of nitrogens with one attached hydrogen (secondary N) is 1. The molecule has 2 fully saturated rings. The van der Waals surface area contributed by atoms with Gasteiger partial charge in [0, 0.05) is 6.04 Å². The molecule has 0 bridgehead atoms. The molecule has 1 nitrogen and oxygen atoms in total. The van der Waals surface area contributed by atoms with Crippen molar-refractivity contribution in [2.24, 2.45) is 17.8 Å². The molecular weight excluding hydrogens is 254 g/mol. The van der Waals surface area contributed by atoms with Crippen molar-refractivity contribution in [3.63, 3.8) is 0 Å². The van der Waals surface area contributed by atoms with Crippen LogP contribution in [0.1, 0.15) is 63.0 Å². The van der Waals surface area contributed by atoms with Crippen LogP contribution in [0.5, 0.6) is 0 Å². The van der Waals surface area contributed by atoms with Gasteiger partial charge in [0.25, 0.3) is 0 Å². The maximum atomic E-state index is 3.78. The topological polar surface area (TPSA) is 12.0 Å². The Morgan fingerprint density at radius 3 is 2.38 bits per heavy atom. The lowest BCUT2D eigenvalue weighted by Gasteiger charge is -2.38. The second-order valence-corrected chi connectivity index (χ2v) is 7.78. The minimum absolute atomic E-state index is 0.762. The van der Waals surface area contributed by atoms with Gasteiger partial charge >= 0.3 is 0 Å². The summed E-state index contributed by atoms with van der Waals surface area (Å²) in [6.07, 6.45) is 7.02. The van der Waals surface area contributed by atoms with Crippen LogP contribution in [-0.2, 0) is 0 Å². The predicted molar refractivity (Wildman–Crippen MR) is 90.6 cm³/mol. The van der Waals surface area contributed by atoms with Crippen LogP contribution in [0.15, 0.2) is 24.3 Å². The Kier molecular flexibility index (Phi) is 4.69. The first kappa shape index (κ1) is 15.1. The molecule has 1 aromatic carbocycles. The van der Waals surface area contributed by atoms with Gasteiger partial charge in [-0.3, -0.25) is 0 Å². The number of rotatable bonds is 5. The summed E-state index contributed by atoms with van der Waals surface area (Å²) in [5.74, 6) is 3.34. The van der Waals surface area contributed by atoms with Gasteiger partial charge in [-0.1, -0.05) is 43.7 Å². The van der Waals surface area contributed by atoms with Crippen molar-refractivity contribution < 1.29 is 0 Å². The summed E-state index contributed by atoms with van der Waals surface area (Å²) < 4.78 is 0. The van der Waals surface area contributed by atoms with Crippen molar-refractivity contribution in [3.05, 3.63) is 35.4 Å². The zero-order valence-corrected chi connectivity index (χ0v) is 13.9. The van der Waals surface area contributed by atoms with E-state index in [2.05, 4.69) is 50.4 Å². The minimum Gasteiger partial charge on any atom is -0.314 e. The first-order valence-corrected chi connectivity index (χ1v) is 8.93. The molecule has 3 rings (SSSR count). The SMILES string of the molecule is Cc1ccc(C2CC(C(C)C)CCC2CNC2CC2)cc1. The number of hydrogen-bond acceptors (Lipinski definition) is 1. The van der Waals surface area contributed by atoms with Gasteiger partial charge in [-0.25, -0.2) is 0 Å². The van der Waals surface area contributed by atoms with Crippen LogP contribution in [-0.4, -0.2) is 12.6 Å². The van der Waals surface area contributed by atoms with Crippen LogP contribution in [0, 0.1) is 24.7 Å². The van der Waals surface area contributed by atoms with Gasteiger partial charge in [-0.15, -0.1) is 0 Å². The summed E-state index contributed by atoms with van der Waals surface area (Å²) in [7, 11) is 0. The normalized spacial score (nSPS) is 29.8. The average molecular weight is 285 g/mol. The lowest BCUT2D eigenvalue weighted by atomic mass is 9.68. The van der Waals surface area contributed by atoms with E-state index in [1.165, 1.54) is 44.2 Å². The third-order valence-electron chi connectivity index (χ3n) is 5.73. The number of hydrogen-bond donors (Lipinski definition) is 1. The zero-order valence-electron chi connectivity index (χ0n) is 13.9. The number of aryl methyl sites for hydroxylation is 1. The lowest BCUT2D eigenvalue weighted by molar-refractivity contribution is 0.190. The van der Waals surface area contributed by atoms with Gasteiger partial charge in [0.2, 0.25) is 0 Å². The molecule has 2 aliphatic carbocycles. The molecule has 0 amide bonds. The Bertz CT molecular complexity index is 443. The molecular formula is C20H31N. The van der Waals surface area contributed by atoms with Crippen LogP contribution in [0.3, 0.4) is 0 Å². The molecule has 0 saturated heterocycles. The fourth-order valence-corrected chi connectivity index (χ4v) is 3.94. The van der Waals surface area contributed by atoms with E-state index >= 15 is 0 Å². The lowest BCUT2D eigenvalue weighted by Crippen LogP contribution is -2.34. The smallest absolute Gasteiger partial charge is 0.00683 e. The van der Waals surface area contributed by atoms with Crippen LogP contribution in [0.2, 0.25) is 0 Å². The van der Waals surface area contributed by atoms with Gasteiger partial charge in [-0.2, -0.15) is 0 Å². The van der Waals surface area contributed by atoms with Crippen molar-refractivity contribution in [2.45, 2.75) is 64.8 Å². The molecule has 1 aromatic rings. The zero-order chi connectivity index (χ0) is 14.8. The second-order valence-electron chi connectivity index (χ2n) is 7.78. The molecule has 2 saturated carbocycles. The molecule has 2 aliphatic rings. The highest BCUT2D eigenvalue weighted by molar-refractivity contribution is 5.26. The molecule has 1 heteroatoms. The van der Waals surface area contributed by atoms with E-state index in [0.717, 1.165) is 29.7 Å². The monoisotopic (exact) mass is 285 g/mol. The highest BCUT2D eigenvalue weighted by atomic mass is 14.9. The fraction of sp³-hybridized carbons (Fsp3) is 0.700. The highest BCUT2D eigenvalue weighted by Crippen LogP contribution is 2.43. The van der Waals surface area contributed by atoms with Crippen molar-refractivity contribution in [2.75, 3.05) is 6.54 Å². The summed E-state index contributed by atoms with van der Waals surface area (Å²) in [5, 5.41) is 3.78. The van der Waals surface area contributed by atoms with Gasteiger partial charge < -0.3 is 5.32 Å². The minimum atomic E-state index is 0.762. The number of benzene rings is 1. The van der Waals surface area contributed by atoms with E-state index in [0.29, 0.717) is 0 Å². The molecule has 116 valence electrons. The Morgan fingerprint density at radius 1 is 1.05 bits per heavy atom. The van der Waals surface area contributed by atoms with Crippen molar-refractivity contribution in [1.29, 1.82) is 0 Å². The summed E-state index contributed by atoms with van der Waals surface area (Å²) >= 11 is 0. The Morgan fingerprint density at radius 2 is 1.76 bits per heavy atom. The van der Waals surface area contributed by atoms with E-state index in [4.69, 9.17) is 0 Å². The van der Waals surface area contributed by atoms with Crippen molar-refractivity contribution in [1.82, 2.24) is 5.32 Å². The predicted octanol–water partition coefficient (Wildman–Crippen LogP) is 4.90. The van der Waals surface area contributed by atoms with Crippen molar-refractivity contribution in [3.8, 4) is 0 Å². The van der Waals surface area contributed by atoms with Gasteiger partial charge in [0.05, 0.1) is 0 Å². The van der Waals surface area contributed by atoms with E-state index in [9.17, 15) is 0 Å². The van der Waals surface area contributed by atoms with Crippen LogP contribution < -0.4 is 5.32 Å². The second kappa shape index (κ2) is 6.52. The average Bonchev–Trinajstić information content (AvgIpc) is 3.30. The summed E-state index contributed by atoms with van der Waals surface area (Å²) in [6, 6.07) is 10.2. The Hall–Kier alpha value is -0.820. The molecule has 0 spiro atoms. The maximum Gasteiger partial charge on any atom is 0.00683 e. The van der Waals surface area contributed by atoms with E-state index < -0.39 is 0 Å². The van der Waals surface area contributed by atoms with E-state index in [-0.39, 0.29) is 0 Å². The third-order valence-corrected chi connectivity index (χ3v) is 5.73. The molecule has 3 atom stereocenters. The fourth-order valence-electron chi connectivity index (χ4n) is 3.94. The molecule has 3 unspecified atom stereocenters. The first-order valence-electron chi connectivity index (χ1n) is 8.93. The molecule has 0 heterocycles. The van der Waals surface area contributed by atoms with Crippen LogP contribution in [0.4, 0.5) is 0 Å². The Labute approximate surface area is 130 Å². The van der Waals surface area contributed by atoms with E-state index in [1.807, 2.05) is 0 Å². The van der Waals surface area contributed by atoms with Gasteiger partial charge in [-0.05, 0) is 74.8 Å². The standard InChI is InChI=1S/C20H31N/c1-14(2)17-8-9-18(13-21-19-10-11-19)20(12-17)16-6-4-15(3)5-7-16/h4-7,14,17-21H,8-13H2,1-3H3. The Balaban J connectivity index is 1.72. The summed E-state index contributed by atoms with van der Waals surface area (Å²) in [4.78, 5) is 0. The highest BCUT2D eigenvalue weighted by Gasteiger charge is 2.33.